The third-order valence-electron chi connectivity index (χ3n) is 12.7. The highest BCUT2D eigenvalue weighted by atomic mass is 16.5. The molecule has 9 rings (SSSR count). The number of benzene rings is 3. The second kappa shape index (κ2) is 16.4. The number of H-pyrrole nitrogens is 2. The van der Waals surface area contributed by atoms with Crippen molar-refractivity contribution < 1.29 is 28.7 Å². The number of amides is 4. The highest BCUT2D eigenvalue weighted by Crippen LogP contribution is 2.53. The number of nitrogens with one attached hydrogen (secondary N) is 5. The molecule has 5 N–H and O–H groups in total. The number of aromatic nitrogens is 6. The summed E-state index contributed by atoms with van der Waals surface area (Å²) in [6, 6.07) is 17.0. The van der Waals surface area contributed by atoms with Crippen molar-refractivity contribution in [3.63, 3.8) is 0 Å². The van der Waals surface area contributed by atoms with E-state index in [0.717, 1.165) is 99.2 Å². The number of fused-ring (bicyclic) bond motifs is 4. The highest BCUT2D eigenvalue weighted by Gasteiger charge is 2.56. The molecular weight excluding hydrogens is 789 g/mol. The van der Waals surface area contributed by atoms with E-state index in [1.807, 2.05) is 69.0 Å². The minimum absolute atomic E-state index is 0.0702. The van der Waals surface area contributed by atoms with E-state index in [9.17, 15) is 19.2 Å². The summed E-state index contributed by atoms with van der Waals surface area (Å²) in [7, 11) is 2.59. The standard InChI is InChI=1S/C46H52N10O6/c1-22(2)40(54-45(59)61-5)43(57)53-32-17-26(32)10-14-39-49-30-12-8-25(16-34(30)50-39)24-7-11-29-33(15-24)47-21-36(48-29)27-9-13-31-35(18-27)52-42(51-31)38-20-28-19-37(28)56(38)44(58)41(23(3)4)55-46(60)62-6/h7-9,11-13,15-16,18,21-23,26,28,32,37-38,40-41H,10,14,17,19-20H2,1-6H3,(H,49,50)(H,51,52)(H,53,57)(H,54,59)(H,55,60)/t26-,28+,32+,37+,38-,40-,41-/m0/s1. The Bertz CT molecular complexity index is 2710. The Morgan fingerprint density at radius 1 is 0.742 bits per heavy atom. The summed E-state index contributed by atoms with van der Waals surface area (Å²) in [5.74, 6) is 1.94. The zero-order chi connectivity index (χ0) is 43.4. The van der Waals surface area contributed by atoms with Gasteiger partial charge in [0.25, 0.3) is 0 Å². The lowest BCUT2D eigenvalue weighted by atomic mass is 10.0. The number of ether oxygens (including phenoxy) is 2. The molecule has 0 unspecified atom stereocenters. The lowest BCUT2D eigenvalue weighted by molar-refractivity contribution is -0.136. The van der Waals surface area contributed by atoms with Gasteiger partial charge in [-0.25, -0.2) is 24.5 Å². The Morgan fingerprint density at radius 2 is 1.39 bits per heavy atom. The molecule has 1 saturated heterocycles. The predicted molar refractivity (Wildman–Crippen MR) is 233 cm³/mol. The van der Waals surface area contributed by atoms with Crippen LogP contribution in [0.2, 0.25) is 0 Å². The molecule has 0 spiro atoms. The number of aryl methyl sites for hydroxylation is 1. The molecule has 0 radical (unpaired) electrons. The monoisotopic (exact) mass is 840 g/mol. The van der Waals surface area contributed by atoms with Crippen molar-refractivity contribution in [1.29, 1.82) is 0 Å². The molecule has 4 amide bonds. The molecule has 6 aromatic rings. The summed E-state index contributed by atoms with van der Waals surface area (Å²) < 4.78 is 9.49. The molecule has 3 aromatic carbocycles. The lowest BCUT2D eigenvalue weighted by Crippen LogP contribution is -2.52. The van der Waals surface area contributed by atoms with E-state index in [0.29, 0.717) is 11.8 Å². The van der Waals surface area contributed by atoms with Crippen LogP contribution in [0.3, 0.4) is 0 Å². The van der Waals surface area contributed by atoms with Gasteiger partial charge < -0.3 is 40.3 Å². The number of carbonyl (C=O) groups is 4. The smallest absolute Gasteiger partial charge is 0.407 e. The first-order valence-electron chi connectivity index (χ1n) is 21.4. The van der Waals surface area contributed by atoms with Crippen molar-refractivity contribution in [3.8, 4) is 22.4 Å². The van der Waals surface area contributed by atoms with Crippen LogP contribution >= 0.6 is 0 Å². The lowest BCUT2D eigenvalue weighted by Gasteiger charge is -2.31. The van der Waals surface area contributed by atoms with Crippen molar-refractivity contribution >= 4 is 57.1 Å². The van der Waals surface area contributed by atoms with E-state index < -0.39 is 24.3 Å². The number of rotatable bonds is 13. The van der Waals surface area contributed by atoms with E-state index in [1.165, 1.54) is 14.2 Å². The second-order valence-electron chi connectivity index (χ2n) is 17.7. The van der Waals surface area contributed by atoms with Crippen molar-refractivity contribution in [2.24, 2.45) is 23.7 Å². The fourth-order valence-corrected chi connectivity index (χ4v) is 8.97. The van der Waals surface area contributed by atoms with Crippen molar-refractivity contribution in [2.75, 3.05) is 14.2 Å². The van der Waals surface area contributed by atoms with Gasteiger partial charge in [0.2, 0.25) is 11.8 Å². The summed E-state index contributed by atoms with van der Waals surface area (Å²) in [5, 5.41) is 8.46. The molecule has 4 heterocycles. The van der Waals surface area contributed by atoms with E-state index in [-0.39, 0.29) is 41.8 Å². The molecule has 7 atom stereocenters. The summed E-state index contributed by atoms with van der Waals surface area (Å²) in [4.78, 5) is 79.0. The summed E-state index contributed by atoms with van der Waals surface area (Å²) in [6.07, 6.45) is 4.89. The fraction of sp³-hybridized carbons (Fsp3) is 0.435. The van der Waals surface area contributed by atoms with Crippen LogP contribution in [0.25, 0.3) is 55.5 Å². The van der Waals surface area contributed by atoms with Crippen LogP contribution in [-0.2, 0) is 25.5 Å². The maximum absolute atomic E-state index is 13.9. The third-order valence-corrected chi connectivity index (χ3v) is 12.7. The Hall–Kier alpha value is -6.58. The fourth-order valence-electron chi connectivity index (χ4n) is 8.97. The first kappa shape index (κ1) is 40.8. The molecule has 2 aliphatic carbocycles. The molecule has 3 aliphatic rings. The SMILES string of the molecule is COC(=O)N[C@H](C(=O)N[C@@H]1C[C@@H]1CCc1nc2ccc(-c3ccc4nc(-c5ccc6nc([C@@H]7C[C@H]8C[C@H]8N7C(=O)[C@@H](NC(=O)OC)C(C)C)[nH]c6c5)cnc4c3)cc2[nH]1)C(C)C. The summed E-state index contributed by atoms with van der Waals surface area (Å²) >= 11 is 0. The number of piperidine rings is 1. The molecule has 16 heteroatoms. The minimum Gasteiger partial charge on any atom is -0.453 e. The largest absolute Gasteiger partial charge is 0.453 e. The second-order valence-corrected chi connectivity index (χ2v) is 17.7. The van der Waals surface area contributed by atoms with Gasteiger partial charge in [0, 0.05) is 24.1 Å². The van der Waals surface area contributed by atoms with Crippen LogP contribution in [0.5, 0.6) is 0 Å². The van der Waals surface area contributed by atoms with Crippen LogP contribution < -0.4 is 16.0 Å². The Labute approximate surface area is 358 Å². The molecule has 62 heavy (non-hydrogen) atoms. The maximum atomic E-state index is 13.9. The number of carbonyl (C=O) groups excluding carboxylic acids is 4. The molecule has 1 aliphatic heterocycles. The van der Waals surface area contributed by atoms with E-state index in [2.05, 4.69) is 48.9 Å². The number of nitrogens with zero attached hydrogens (tertiary/aromatic N) is 5. The average molecular weight is 841 g/mol. The number of imidazole rings is 2. The van der Waals surface area contributed by atoms with Gasteiger partial charge >= 0.3 is 12.2 Å². The highest BCUT2D eigenvalue weighted by molar-refractivity contribution is 5.89. The molecule has 16 nitrogen and oxygen atoms in total. The summed E-state index contributed by atoms with van der Waals surface area (Å²) in [6.45, 7) is 7.61. The van der Waals surface area contributed by atoms with Crippen LogP contribution in [0.1, 0.15) is 71.1 Å². The number of aromatic amines is 2. The van der Waals surface area contributed by atoms with Crippen LogP contribution in [0.4, 0.5) is 9.59 Å². The topological polar surface area (TPSA) is 209 Å². The van der Waals surface area contributed by atoms with E-state index >= 15 is 0 Å². The first-order chi connectivity index (χ1) is 29.9. The number of hydrogen-bond donors (Lipinski definition) is 5. The van der Waals surface area contributed by atoms with Crippen molar-refractivity contribution in [1.82, 2.24) is 50.8 Å². The van der Waals surface area contributed by atoms with Crippen molar-refractivity contribution in [2.45, 2.75) is 90.0 Å². The molecule has 3 fully saturated rings. The molecule has 3 aromatic heterocycles. The van der Waals surface area contributed by atoms with Gasteiger partial charge in [-0.2, -0.15) is 0 Å². The molecule has 0 bridgehead atoms. The number of methoxy groups -OCH3 is 2. The van der Waals surface area contributed by atoms with Gasteiger partial charge in [0.15, 0.2) is 0 Å². The number of likely N-dealkylation sites (tertiary alicyclic amines) is 1. The van der Waals surface area contributed by atoms with Crippen LogP contribution in [-0.4, -0.2) is 97.2 Å². The number of alkyl carbamates (subject to hydrolysis) is 2. The molecule has 2 saturated carbocycles. The Kier molecular flexibility index (Phi) is 10.8. The molecular formula is C46H52N10O6. The van der Waals surface area contributed by atoms with Gasteiger partial charge in [-0.05, 0) is 96.9 Å². The quantitative estimate of drug-likeness (QED) is 0.0844. The van der Waals surface area contributed by atoms with Gasteiger partial charge in [0.1, 0.15) is 23.7 Å². The van der Waals surface area contributed by atoms with Crippen molar-refractivity contribution in [3.05, 3.63) is 72.4 Å². The minimum atomic E-state index is -0.692. The normalized spacial score (nSPS) is 21.2. The van der Waals surface area contributed by atoms with Crippen LogP contribution in [0, 0.1) is 23.7 Å². The predicted octanol–water partition coefficient (Wildman–Crippen LogP) is 6.58. The number of hydrogen-bond acceptors (Lipinski definition) is 10. The Morgan fingerprint density at radius 3 is 2.11 bits per heavy atom. The summed E-state index contributed by atoms with van der Waals surface area (Å²) in [5.41, 5.74) is 8.71. The first-order valence-corrected chi connectivity index (χ1v) is 21.4. The zero-order valence-corrected chi connectivity index (χ0v) is 35.7. The average Bonchev–Trinajstić information content (AvgIpc) is 4.02. The van der Waals surface area contributed by atoms with Gasteiger partial charge in [-0.1, -0.05) is 45.9 Å². The maximum Gasteiger partial charge on any atom is 0.407 e. The van der Waals surface area contributed by atoms with Crippen LogP contribution in [0.15, 0.2) is 60.8 Å². The van der Waals surface area contributed by atoms with Gasteiger partial charge in [0.05, 0.1) is 65.3 Å². The van der Waals surface area contributed by atoms with Gasteiger partial charge in [-0.3, -0.25) is 14.6 Å². The van der Waals surface area contributed by atoms with E-state index in [1.54, 1.807) is 6.20 Å². The van der Waals surface area contributed by atoms with E-state index in [4.69, 9.17) is 24.7 Å². The zero-order valence-electron chi connectivity index (χ0n) is 35.7. The Balaban J connectivity index is 0.853. The third kappa shape index (κ3) is 8.12. The van der Waals surface area contributed by atoms with Gasteiger partial charge in [-0.15, -0.1) is 0 Å². The molecule has 322 valence electrons.